The van der Waals surface area contributed by atoms with E-state index in [-0.39, 0.29) is 6.03 Å². The SMILES string of the molecule is COC(=O)NCCN1CCc2c(cccc2NC(=O)Nc2ccc(C)nc2)C1. The summed E-state index contributed by atoms with van der Waals surface area (Å²) in [7, 11) is 1.35. The largest absolute Gasteiger partial charge is 0.453 e. The van der Waals surface area contributed by atoms with Crippen LogP contribution < -0.4 is 16.0 Å². The summed E-state index contributed by atoms with van der Waals surface area (Å²) in [6, 6.07) is 9.32. The summed E-state index contributed by atoms with van der Waals surface area (Å²) in [5, 5.41) is 8.44. The van der Waals surface area contributed by atoms with Crippen molar-refractivity contribution in [1.29, 1.82) is 0 Å². The fraction of sp³-hybridized carbons (Fsp3) is 0.350. The van der Waals surface area contributed by atoms with E-state index in [9.17, 15) is 9.59 Å². The smallest absolute Gasteiger partial charge is 0.406 e. The van der Waals surface area contributed by atoms with E-state index < -0.39 is 6.09 Å². The Morgan fingerprint density at radius 2 is 2.07 bits per heavy atom. The molecule has 3 amide bonds. The first-order chi connectivity index (χ1) is 13.5. The zero-order chi connectivity index (χ0) is 19.9. The molecule has 3 rings (SSSR count). The van der Waals surface area contributed by atoms with Crippen molar-refractivity contribution in [3.8, 4) is 0 Å². The minimum absolute atomic E-state index is 0.288. The van der Waals surface area contributed by atoms with Crippen LogP contribution in [-0.4, -0.2) is 48.8 Å². The van der Waals surface area contributed by atoms with Crippen LogP contribution >= 0.6 is 0 Å². The van der Waals surface area contributed by atoms with E-state index in [1.165, 1.54) is 12.7 Å². The number of anilines is 2. The van der Waals surface area contributed by atoms with Gasteiger partial charge >= 0.3 is 12.1 Å². The van der Waals surface area contributed by atoms with Gasteiger partial charge in [0.1, 0.15) is 0 Å². The van der Waals surface area contributed by atoms with E-state index in [2.05, 4.69) is 36.6 Å². The second-order valence-corrected chi connectivity index (χ2v) is 6.66. The van der Waals surface area contributed by atoms with Crippen molar-refractivity contribution in [3.05, 3.63) is 53.3 Å². The van der Waals surface area contributed by atoms with Crippen LogP contribution in [0.1, 0.15) is 16.8 Å². The van der Waals surface area contributed by atoms with E-state index in [1.807, 2.05) is 31.2 Å². The van der Waals surface area contributed by atoms with Gasteiger partial charge in [0, 0.05) is 37.6 Å². The average Bonchev–Trinajstić information content (AvgIpc) is 2.69. The predicted octanol–water partition coefficient (Wildman–Crippen LogP) is 2.75. The maximum Gasteiger partial charge on any atom is 0.406 e. The normalized spacial score (nSPS) is 13.4. The molecule has 1 aliphatic heterocycles. The molecule has 1 aliphatic rings. The monoisotopic (exact) mass is 383 g/mol. The van der Waals surface area contributed by atoms with Crippen molar-refractivity contribution in [2.75, 3.05) is 37.4 Å². The second kappa shape index (κ2) is 9.18. The summed E-state index contributed by atoms with van der Waals surface area (Å²) in [4.78, 5) is 29.9. The molecular weight excluding hydrogens is 358 g/mol. The number of nitrogens with one attached hydrogen (secondary N) is 3. The molecule has 0 bridgehead atoms. The van der Waals surface area contributed by atoms with Gasteiger partial charge in [0.05, 0.1) is 19.0 Å². The van der Waals surface area contributed by atoms with Gasteiger partial charge in [0.2, 0.25) is 0 Å². The van der Waals surface area contributed by atoms with Gasteiger partial charge < -0.3 is 20.7 Å². The quantitative estimate of drug-likeness (QED) is 0.738. The Morgan fingerprint density at radius 3 is 2.82 bits per heavy atom. The van der Waals surface area contributed by atoms with E-state index in [0.29, 0.717) is 12.2 Å². The number of urea groups is 1. The number of aromatic nitrogens is 1. The van der Waals surface area contributed by atoms with Gasteiger partial charge in [0.15, 0.2) is 0 Å². The molecule has 0 saturated heterocycles. The lowest BCUT2D eigenvalue weighted by Gasteiger charge is -2.30. The molecule has 8 heteroatoms. The Morgan fingerprint density at radius 1 is 1.21 bits per heavy atom. The van der Waals surface area contributed by atoms with E-state index in [1.54, 1.807) is 6.20 Å². The van der Waals surface area contributed by atoms with Crippen LogP contribution in [0.15, 0.2) is 36.5 Å². The minimum Gasteiger partial charge on any atom is -0.453 e. The Kier molecular flexibility index (Phi) is 6.44. The molecule has 0 aliphatic carbocycles. The Bertz CT molecular complexity index is 838. The second-order valence-electron chi connectivity index (χ2n) is 6.66. The first-order valence-electron chi connectivity index (χ1n) is 9.21. The topological polar surface area (TPSA) is 95.6 Å². The third-order valence-corrected chi connectivity index (χ3v) is 4.65. The maximum atomic E-state index is 12.3. The van der Waals surface area contributed by atoms with Crippen molar-refractivity contribution < 1.29 is 14.3 Å². The number of pyridine rings is 1. The number of hydrogen-bond donors (Lipinski definition) is 3. The lowest BCUT2D eigenvalue weighted by Crippen LogP contribution is -2.38. The summed E-state index contributed by atoms with van der Waals surface area (Å²) in [5.74, 6) is 0. The molecule has 1 aromatic carbocycles. The van der Waals surface area contributed by atoms with Gasteiger partial charge in [-0.1, -0.05) is 12.1 Å². The minimum atomic E-state index is -0.418. The molecule has 0 unspecified atom stereocenters. The molecule has 0 atom stereocenters. The summed E-state index contributed by atoms with van der Waals surface area (Å²) in [6.45, 7) is 4.81. The van der Waals surface area contributed by atoms with Crippen LogP contribution in [0.25, 0.3) is 0 Å². The average molecular weight is 383 g/mol. The molecule has 0 fully saturated rings. The number of carbonyl (C=O) groups is 2. The molecule has 0 saturated carbocycles. The highest BCUT2D eigenvalue weighted by Gasteiger charge is 2.19. The fourth-order valence-electron chi connectivity index (χ4n) is 3.19. The van der Waals surface area contributed by atoms with Crippen molar-refractivity contribution >= 4 is 23.5 Å². The zero-order valence-corrected chi connectivity index (χ0v) is 16.1. The number of fused-ring (bicyclic) bond motifs is 1. The lowest BCUT2D eigenvalue weighted by molar-refractivity contribution is 0.167. The highest BCUT2D eigenvalue weighted by molar-refractivity contribution is 6.00. The number of alkyl carbamates (subject to hydrolysis) is 1. The van der Waals surface area contributed by atoms with E-state index >= 15 is 0 Å². The van der Waals surface area contributed by atoms with Crippen LogP contribution in [0, 0.1) is 6.92 Å². The van der Waals surface area contributed by atoms with Gasteiger partial charge in [-0.2, -0.15) is 0 Å². The van der Waals surface area contributed by atoms with Crippen LogP contribution in [-0.2, 0) is 17.7 Å². The van der Waals surface area contributed by atoms with E-state index in [4.69, 9.17) is 0 Å². The number of methoxy groups -OCH3 is 1. The lowest BCUT2D eigenvalue weighted by atomic mass is 9.97. The van der Waals surface area contributed by atoms with Gasteiger partial charge in [0.25, 0.3) is 0 Å². The summed E-state index contributed by atoms with van der Waals surface area (Å²) in [5.41, 5.74) is 4.70. The Hall–Kier alpha value is -3.13. The third-order valence-electron chi connectivity index (χ3n) is 4.65. The fourth-order valence-corrected chi connectivity index (χ4v) is 3.19. The Labute approximate surface area is 164 Å². The molecule has 1 aromatic heterocycles. The van der Waals surface area contributed by atoms with Crippen molar-refractivity contribution in [3.63, 3.8) is 0 Å². The predicted molar refractivity (Wildman–Crippen MR) is 107 cm³/mol. The summed E-state index contributed by atoms with van der Waals surface area (Å²) in [6.07, 6.45) is 2.05. The number of hydrogen-bond acceptors (Lipinski definition) is 5. The first kappa shape index (κ1) is 19.6. The van der Waals surface area contributed by atoms with Crippen LogP contribution in [0.4, 0.5) is 21.0 Å². The van der Waals surface area contributed by atoms with Crippen molar-refractivity contribution in [1.82, 2.24) is 15.2 Å². The number of nitrogens with zero attached hydrogens (tertiary/aromatic N) is 2. The molecule has 3 N–H and O–H groups in total. The van der Waals surface area contributed by atoms with Crippen LogP contribution in [0.5, 0.6) is 0 Å². The number of ether oxygens (including phenoxy) is 1. The molecule has 0 radical (unpaired) electrons. The van der Waals surface area contributed by atoms with Crippen LogP contribution in [0.2, 0.25) is 0 Å². The summed E-state index contributed by atoms with van der Waals surface area (Å²) < 4.78 is 4.58. The molecule has 0 spiro atoms. The van der Waals surface area contributed by atoms with Crippen molar-refractivity contribution in [2.24, 2.45) is 0 Å². The van der Waals surface area contributed by atoms with Gasteiger partial charge in [-0.25, -0.2) is 9.59 Å². The number of carbonyl (C=O) groups excluding carboxylic acids is 2. The van der Waals surface area contributed by atoms with Gasteiger partial charge in [-0.3, -0.25) is 9.88 Å². The molecule has 28 heavy (non-hydrogen) atoms. The molecule has 8 nitrogen and oxygen atoms in total. The molecular formula is C20H25N5O3. The molecule has 148 valence electrons. The standard InChI is InChI=1S/C20H25N5O3/c1-14-6-7-16(12-22-14)23-19(26)24-18-5-3-4-15-13-25(10-8-17(15)18)11-9-21-20(27)28-2/h3-7,12H,8-11,13H2,1-2H3,(H,21,27)(H2,23,24,26). The zero-order valence-electron chi connectivity index (χ0n) is 16.1. The highest BCUT2D eigenvalue weighted by atomic mass is 16.5. The van der Waals surface area contributed by atoms with Gasteiger partial charge in [-0.15, -0.1) is 0 Å². The summed E-state index contributed by atoms with van der Waals surface area (Å²) >= 11 is 0. The van der Waals surface area contributed by atoms with Crippen molar-refractivity contribution in [2.45, 2.75) is 19.9 Å². The van der Waals surface area contributed by atoms with Gasteiger partial charge in [-0.05, 0) is 42.7 Å². The molecule has 2 heterocycles. The van der Waals surface area contributed by atoms with Crippen LogP contribution in [0.3, 0.4) is 0 Å². The number of aryl methyl sites for hydroxylation is 1. The number of benzene rings is 1. The third kappa shape index (κ3) is 5.20. The highest BCUT2D eigenvalue weighted by Crippen LogP contribution is 2.26. The first-order valence-corrected chi connectivity index (χ1v) is 9.21. The van der Waals surface area contributed by atoms with E-state index in [0.717, 1.165) is 43.0 Å². The maximum absolute atomic E-state index is 12.3. The number of rotatable bonds is 5. The number of amides is 3. The Balaban J connectivity index is 1.58. The molecule has 2 aromatic rings.